The molecule has 0 saturated carbocycles. The Bertz CT molecular complexity index is 368. The zero-order valence-corrected chi connectivity index (χ0v) is 15.0. The van der Waals surface area contributed by atoms with E-state index in [1.54, 1.807) is 16.7 Å². The predicted molar refractivity (Wildman–Crippen MR) is 90.6 cm³/mol. The highest BCUT2D eigenvalue weighted by atomic mass is 35.5. The Morgan fingerprint density at radius 3 is 2.57 bits per heavy atom. The molecular formula is C14H28ClN3O2S. The van der Waals surface area contributed by atoms with E-state index in [1.807, 2.05) is 13.8 Å². The van der Waals surface area contributed by atoms with Gasteiger partial charge in [0.2, 0.25) is 11.8 Å². The Kier molecular flexibility index (Phi) is 8.66. The minimum Gasteiger partial charge on any atom is -0.348 e. The van der Waals surface area contributed by atoms with Gasteiger partial charge in [0.05, 0.1) is 5.88 Å². The van der Waals surface area contributed by atoms with Crippen LogP contribution in [0.2, 0.25) is 0 Å². The van der Waals surface area contributed by atoms with Crippen molar-refractivity contribution in [3.63, 3.8) is 0 Å². The fourth-order valence-corrected chi connectivity index (χ4v) is 3.76. The van der Waals surface area contributed by atoms with Crippen molar-refractivity contribution < 1.29 is 9.59 Å². The average molecular weight is 338 g/mol. The second kappa shape index (κ2) is 8.86. The van der Waals surface area contributed by atoms with Crippen LogP contribution in [0.3, 0.4) is 0 Å². The number of nitrogens with zero attached hydrogens (tertiary/aromatic N) is 1. The van der Waals surface area contributed by atoms with E-state index in [0.29, 0.717) is 30.5 Å². The Hall–Kier alpha value is -0.460. The lowest BCUT2D eigenvalue weighted by Crippen LogP contribution is -2.57. The summed E-state index contributed by atoms with van der Waals surface area (Å²) in [6.45, 7) is 8.41. The van der Waals surface area contributed by atoms with Crippen molar-refractivity contribution in [2.45, 2.75) is 52.1 Å². The van der Waals surface area contributed by atoms with E-state index in [2.05, 4.69) is 19.2 Å². The van der Waals surface area contributed by atoms with Crippen LogP contribution in [0.25, 0.3) is 0 Å². The van der Waals surface area contributed by atoms with Crippen molar-refractivity contribution in [1.82, 2.24) is 10.2 Å². The summed E-state index contributed by atoms with van der Waals surface area (Å²) in [5, 5.41) is 3.05. The molecule has 5 nitrogen and oxygen atoms in total. The van der Waals surface area contributed by atoms with Gasteiger partial charge in [0.25, 0.3) is 0 Å². The molecular weight excluding hydrogens is 310 g/mol. The maximum atomic E-state index is 12.5. The lowest BCUT2D eigenvalue weighted by molar-refractivity contribution is -0.138. The van der Waals surface area contributed by atoms with Gasteiger partial charge in [0.1, 0.15) is 6.04 Å². The van der Waals surface area contributed by atoms with Gasteiger partial charge in [-0.1, -0.05) is 20.8 Å². The molecule has 1 heterocycles. The molecule has 0 radical (unpaired) electrons. The van der Waals surface area contributed by atoms with Gasteiger partial charge in [0, 0.05) is 24.3 Å². The van der Waals surface area contributed by atoms with E-state index < -0.39 is 5.54 Å². The van der Waals surface area contributed by atoms with E-state index in [9.17, 15) is 9.59 Å². The number of hydrogen-bond donors (Lipinski definition) is 2. The molecule has 0 bridgehead atoms. The second-order valence-corrected chi connectivity index (χ2v) is 7.08. The summed E-state index contributed by atoms with van der Waals surface area (Å²) >= 11 is 1.62. The molecule has 0 aliphatic carbocycles. The number of carbonyl (C=O) groups excluding carboxylic acids is 2. The molecule has 1 fully saturated rings. The van der Waals surface area contributed by atoms with Crippen molar-refractivity contribution in [2.24, 2.45) is 11.7 Å². The monoisotopic (exact) mass is 337 g/mol. The third-order valence-corrected chi connectivity index (χ3v) is 4.55. The van der Waals surface area contributed by atoms with Crippen molar-refractivity contribution in [2.75, 3.05) is 18.2 Å². The zero-order chi connectivity index (χ0) is 15.3. The Morgan fingerprint density at radius 1 is 1.48 bits per heavy atom. The fraction of sp³-hybridized carbons (Fsp3) is 0.857. The summed E-state index contributed by atoms with van der Waals surface area (Å²) in [4.78, 5) is 26.0. The van der Waals surface area contributed by atoms with Gasteiger partial charge in [0.15, 0.2) is 0 Å². The van der Waals surface area contributed by atoms with Crippen molar-refractivity contribution >= 4 is 36.0 Å². The molecule has 1 rings (SSSR count). The lowest BCUT2D eigenvalue weighted by Gasteiger charge is -2.33. The van der Waals surface area contributed by atoms with E-state index in [4.69, 9.17) is 5.73 Å². The van der Waals surface area contributed by atoms with Crippen LogP contribution in [0.1, 0.15) is 40.5 Å². The highest BCUT2D eigenvalue weighted by Crippen LogP contribution is 2.23. The number of nitrogens with two attached hydrogens (primary N) is 1. The molecule has 2 unspecified atom stereocenters. The van der Waals surface area contributed by atoms with Crippen molar-refractivity contribution in [3.05, 3.63) is 0 Å². The van der Waals surface area contributed by atoms with Gasteiger partial charge in [-0.05, 0) is 19.3 Å². The molecule has 2 amide bonds. The zero-order valence-electron chi connectivity index (χ0n) is 13.3. The van der Waals surface area contributed by atoms with Gasteiger partial charge in [-0.2, -0.15) is 0 Å². The molecule has 124 valence electrons. The second-order valence-electron chi connectivity index (χ2n) is 6.08. The van der Waals surface area contributed by atoms with Crippen LogP contribution in [-0.4, -0.2) is 46.5 Å². The minimum absolute atomic E-state index is 0. The Balaban J connectivity index is 0.00000400. The first-order valence-corrected chi connectivity index (χ1v) is 8.37. The third-order valence-electron chi connectivity index (χ3n) is 3.54. The van der Waals surface area contributed by atoms with Gasteiger partial charge >= 0.3 is 0 Å². The maximum absolute atomic E-state index is 12.5. The number of nitrogens with one attached hydrogen (secondary N) is 1. The third kappa shape index (κ3) is 5.68. The largest absolute Gasteiger partial charge is 0.348 e. The van der Waals surface area contributed by atoms with Crippen LogP contribution in [0.15, 0.2) is 0 Å². The number of amides is 2. The summed E-state index contributed by atoms with van der Waals surface area (Å²) in [6, 6.07) is -0.356. The summed E-state index contributed by atoms with van der Waals surface area (Å²) in [5.74, 6) is 1.68. The number of thioether (sulfide) groups is 1. The van der Waals surface area contributed by atoms with E-state index in [0.717, 1.165) is 6.42 Å². The molecule has 1 aliphatic rings. The normalized spacial score (nSPS) is 20.9. The van der Waals surface area contributed by atoms with E-state index in [-0.39, 0.29) is 30.3 Å². The summed E-state index contributed by atoms with van der Waals surface area (Å²) in [5.41, 5.74) is 5.42. The molecule has 1 aliphatic heterocycles. The minimum atomic E-state index is -0.403. The van der Waals surface area contributed by atoms with Crippen LogP contribution in [0, 0.1) is 5.92 Å². The summed E-state index contributed by atoms with van der Waals surface area (Å²) in [7, 11) is 0. The standard InChI is InChI=1S/C14H27N3O2S.ClH/c1-5-12(18)17-9-20-7-11(17)13(19)16-14(4,8-15)6-10(2)3;/h10-11H,5-9,15H2,1-4H3,(H,16,19);1H. The maximum Gasteiger partial charge on any atom is 0.244 e. The van der Waals surface area contributed by atoms with Crippen molar-refractivity contribution in [1.29, 1.82) is 0 Å². The molecule has 0 aromatic heterocycles. The van der Waals surface area contributed by atoms with Crippen LogP contribution < -0.4 is 11.1 Å². The predicted octanol–water partition coefficient (Wildman–Crippen LogP) is 1.60. The van der Waals surface area contributed by atoms with Crippen LogP contribution in [0.5, 0.6) is 0 Å². The quantitative estimate of drug-likeness (QED) is 0.772. The number of halogens is 1. The van der Waals surface area contributed by atoms with Crippen LogP contribution >= 0.6 is 24.2 Å². The highest BCUT2D eigenvalue weighted by molar-refractivity contribution is 7.99. The fourth-order valence-electron chi connectivity index (χ4n) is 2.58. The van der Waals surface area contributed by atoms with Crippen molar-refractivity contribution in [3.8, 4) is 0 Å². The smallest absolute Gasteiger partial charge is 0.244 e. The average Bonchev–Trinajstić information content (AvgIpc) is 2.86. The molecule has 3 N–H and O–H groups in total. The van der Waals surface area contributed by atoms with Crippen LogP contribution in [-0.2, 0) is 9.59 Å². The first-order valence-electron chi connectivity index (χ1n) is 7.22. The van der Waals surface area contributed by atoms with E-state index in [1.165, 1.54) is 0 Å². The van der Waals surface area contributed by atoms with Gasteiger partial charge in [-0.15, -0.1) is 24.2 Å². The molecule has 21 heavy (non-hydrogen) atoms. The number of carbonyl (C=O) groups is 2. The first kappa shape index (κ1) is 20.5. The molecule has 0 aromatic carbocycles. The SMILES string of the molecule is CCC(=O)N1CSCC1C(=O)NC(C)(CN)CC(C)C.Cl. The highest BCUT2D eigenvalue weighted by Gasteiger charge is 2.37. The summed E-state index contributed by atoms with van der Waals surface area (Å²) < 4.78 is 0. The Labute approximate surface area is 138 Å². The van der Waals surface area contributed by atoms with Crippen LogP contribution in [0.4, 0.5) is 0 Å². The molecule has 7 heteroatoms. The van der Waals surface area contributed by atoms with Gasteiger partial charge in [-0.3, -0.25) is 9.59 Å². The molecule has 2 atom stereocenters. The first-order chi connectivity index (χ1) is 9.33. The summed E-state index contributed by atoms with van der Waals surface area (Å²) in [6.07, 6.45) is 1.27. The van der Waals surface area contributed by atoms with Gasteiger partial charge in [-0.25, -0.2) is 0 Å². The van der Waals surface area contributed by atoms with E-state index >= 15 is 0 Å². The Morgan fingerprint density at radius 2 is 2.10 bits per heavy atom. The molecule has 0 spiro atoms. The number of hydrogen-bond acceptors (Lipinski definition) is 4. The molecule has 0 aromatic rings. The molecule has 1 saturated heterocycles. The van der Waals surface area contributed by atoms with Gasteiger partial charge < -0.3 is 16.0 Å². The number of rotatable bonds is 6. The lowest BCUT2D eigenvalue weighted by atomic mass is 9.90. The topological polar surface area (TPSA) is 75.4 Å².